The Morgan fingerprint density at radius 1 is 0.952 bits per heavy atom. The van der Waals surface area contributed by atoms with Gasteiger partial charge in [0.1, 0.15) is 17.5 Å². The van der Waals surface area contributed by atoms with Crippen molar-refractivity contribution in [1.29, 1.82) is 0 Å². The summed E-state index contributed by atoms with van der Waals surface area (Å²) >= 11 is 6.13. The van der Waals surface area contributed by atoms with Crippen molar-refractivity contribution < 1.29 is 19.0 Å². The second-order valence-electron chi connectivity index (χ2n) is 8.80. The van der Waals surface area contributed by atoms with Crippen molar-refractivity contribution >= 4 is 51.1 Å². The molecular weight excluding hydrogens is 568 g/mol. The minimum absolute atomic E-state index is 0.00438. The second-order valence-corrected chi connectivity index (χ2v) is 9.24. The summed E-state index contributed by atoms with van der Waals surface area (Å²) in [6, 6.07) is 19.7. The van der Waals surface area contributed by atoms with Gasteiger partial charge >= 0.3 is 0 Å². The zero-order valence-electron chi connectivity index (χ0n) is 21.1. The largest absolute Gasteiger partial charge is 0.453 e. The molecule has 42 heavy (non-hydrogen) atoms. The van der Waals surface area contributed by atoms with Crippen LogP contribution in [0.1, 0.15) is 5.56 Å². The lowest BCUT2D eigenvalue weighted by Crippen LogP contribution is -2.20. The average Bonchev–Trinajstić information content (AvgIpc) is 3.40. The van der Waals surface area contributed by atoms with Gasteiger partial charge < -0.3 is 9.15 Å². The van der Waals surface area contributed by atoms with Crippen molar-refractivity contribution in [1.82, 2.24) is 14.6 Å². The maximum absolute atomic E-state index is 13.6. The summed E-state index contributed by atoms with van der Waals surface area (Å²) in [7, 11) is 0. The van der Waals surface area contributed by atoms with E-state index >= 15 is 0 Å². The summed E-state index contributed by atoms with van der Waals surface area (Å²) < 4.78 is 12.7. The number of pyridine rings is 1. The molecule has 0 saturated carbocycles. The van der Waals surface area contributed by atoms with E-state index in [2.05, 4.69) is 15.1 Å². The van der Waals surface area contributed by atoms with Gasteiger partial charge in [-0.15, -0.1) is 0 Å². The second kappa shape index (κ2) is 10.6. The van der Waals surface area contributed by atoms with Crippen LogP contribution in [0.5, 0.6) is 11.6 Å². The molecular formula is C28H15ClN6O7. The van der Waals surface area contributed by atoms with E-state index in [9.17, 15) is 25.0 Å². The molecule has 0 atom stereocenters. The van der Waals surface area contributed by atoms with Crippen LogP contribution in [0.2, 0.25) is 5.02 Å². The quantitative estimate of drug-likeness (QED) is 0.118. The van der Waals surface area contributed by atoms with Gasteiger partial charge in [0.05, 0.1) is 27.0 Å². The Morgan fingerprint density at radius 2 is 1.74 bits per heavy atom. The summed E-state index contributed by atoms with van der Waals surface area (Å²) in [6.07, 6.45) is 2.22. The van der Waals surface area contributed by atoms with E-state index in [1.54, 1.807) is 48.5 Å². The number of nitro benzene ring substituents is 1. The molecule has 3 aromatic heterocycles. The fraction of sp³-hybridized carbons (Fsp3) is 0. The third kappa shape index (κ3) is 5.02. The number of ether oxygens (including phenoxy) is 1. The maximum Gasteiger partial charge on any atom is 0.287 e. The van der Waals surface area contributed by atoms with Crippen LogP contribution in [0.25, 0.3) is 33.5 Å². The van der Waals surface area contributed by atoms with Crippen LogP contribution >= 0.6 is 11.6 Å². The van der Waals surface area contributed by atoms with Crippen LogP contribution in [0.15, 0.2) is 99.4 Å². The molecule has 3 aromatic carbocycles. The number of halogens is 1. The Hall–Kier alpha value is -5.95. The molecule has 3 heterocycles. The smallest absolute Gasteiger partial charge is 0.287 e. The highest BCUT2D eigenvalue weighted by atomic mass is 35.5. The number of benzene rings is 3. The highest BCUT2D eigenvalue weighted by molar-refractivity contribution is 6.31. The molecule has 6 aromatic rings. The molecule has 0 aliphatic rings. The molecule has 0 radical (unpaired) electrons. The predicted molar refractivity (Wildman–Crippen MR) is 153 cm³/mol. The number of nitro groups is 2. The fourth-order valence-electron chi connectivity index (χ4n) is 4.13. The van der Waals surface area contributed by atoms with Crippen LogP contribution in [0, 0.1) is 20.2 Å². The van der Waals surface area contributed by atoms with Crippen LogP contribution in [-0.4, -0.2) is 30.7 Å². The van der Waals surface area contributed by atoms with Crippen molar-refractivity contribution in [3.05, 3.63) is 126 Å². The third-order valence-electron chi connectivity index (χ3n) is 6.12. The van der Waals surface area contributed by atoms with E-state index in [0.717, 1.165) is 10.9 Å². The van der Waals surface area contributed by atoms with E-state index in [4.69, 9.17) is 20.8 Å². The van der Waals surface area contributed by atoms with Gasteiger partial charge in [0.15, 0.2) is 5.76 Å². The van der Waals surface area contributed by atoms with Crippen LogP contribution in [-0.2, 0) is 0 Å². The van der Waals surface area contributed by atoms with Gasteiger partial charge in [-0.25, -0.2) is 9.97 Å². The van der Waals surface area contributed by atoms with Gasteiger partial charge in [-0.05, 0) is 42.5 Å². The number of hydrogen-bond donors (Lipinski definition) is 0. The molecule has 0 amide bonds. The van der Waals surface area contributed by atoms with E-state index < -0.39 is 15.4 Å². The molecule has 206 valence electrons. The summed E-state index contributed by atoms with van der Waals surface area (Å²) in [4.78, 5) is 43.4. The number of para-hydroxylation sites is 1. The van der Waals surface area contributed by atoms with E-state index in [1.165, 1.54) is 36.5 Å². The Labute approximate surface area is 239 Å². The van der Waals surface area contributed by atoms with E-state index in [1.807, 2.05) is 0 Å². The molecule has 0 fully saturated rings. The molecule has 13 nitrogen and oxygen atoms in total. The van der Waals surface area contributed by atoms with Crippen molar-refractivity contribution in [2.24, 2.45) is 5.10 Å². The fourth-order valence-corrected chi connectivity index (χ4v) is 4.31. The minimum atomic E-state index is -0.607. The number of aromatic nitrogens is 3. The number of furan rings is 1. The van der Waals surface area contributed by atoms with E-state index in [0.29, 0.717) is 21.5 Å². The molecule has 0 aliphatic carbocycles. The lowest BCUT2D eigenvalue weighted by molar-refractivity contribution is -0.385. The number of nitrogens with zero attached hydrogens (tertiary/aromatic N) is 6. The molecule has 6 rings (SSSR count). The first-order valence-electron chi connectivity index (χ1n) is 12.1. The summed E-state index contributed by atoms with van der Waals surface area (Å²) in [5.74, 6) is 0.396. The van der Waals surface area contributed by atoms with Crippen LogP contribution in [0.3, 0.4) is 0 Å². The third-order valence-corrected chi connectivity index (χ3v) is 6.35. The maximum atomic E-state index is 13.6. The monoisotopic (exact) mass is 582 g/mol. The molecule has 0 saturated heterocycles. The number of non-ortho nitro benzene ring substituents is 1. The number of rotatable bonds is 7. The summed E-state index contributed by atoms with van der Waals surface area (Å²) in [5.41, 5.74) is 0.0145. The molecule has 0 aliphatic heterocycles. The van der Waals surface area contributed by atoms with Gasteiger partial charge in [-0.1, -0.05) is 23.7 Å². The van der Waals surface area contributed by atoms with E-state index in [-0.39, 0.29) is 45.5 Å². The first-order valence-corrected chi connectivity index (χ1v) is 12.5. The average molecular weight is 583 g/mol. The van der Waals surface area contributed by atoms with Crippen molar-refractivity contribution in [3.8, 4) is 23.2 Å². The topological polar surface area (TPSA) is 169 Å². The molecule has 0 N–H and O–H groups in total. The van der Waals surface area contributed by atoms with Crippen molar-refractivity contribution in [3.63, 3.8) is 0 Å². The first-order chi connectivity index (χ1) is 20.3. The molecule has 0 bridgehead atoms. The highest BCUT2D eigenvalue weighted by Gasteiger charge is 2.18. The lowest BCUT2D eigenvalue weighted by atomic mass is 10.2. The zero-order chi connectivity index (χ0) is 29.4. The van der Waals surface area contributed by atoms with Gasteiger partial charge in [0, 0.05) is 40.2 Å². The van der Waals surface area contributed by atoms with Gasteiger partial charge in [0.2, 0.25) is 11.7 Å². The Balaban J connectivity index is 1.48. The summed E-state index contributed by atoms with van der Waals surface area (Å²) in [6.45, 7) is 0. The van der Waals surface area contributed by atoms with Crippen molar-refractivity contribution in [2.75, 3.05) is 0 Å². The van der Waals surface area contributed by atoms with Crippen LogP contribution < -0.4 is 10.3 Å². The molecule has 14 heteroatoms. The standard InChI is InChI=1S/C28H15ClN6O7/c29-18-5-8-23-16(11-18)13-25(41-23)27-32-22-4-2-1-3-21(22)28(36)33(27)31-14-17-12-19(34(37)38)6-9-24(17)42-26-10-7-20(15-30-26)35(39)40/h1-15H. The Kier molecular flexibility index (Phi) is 6.60. The zero-order valence-corrected chi connectivity index (χ0v) is 21.8. The first kappa shape index (κ1) is 26.3. The van der Waals surface area contributed by atoms with Crippen molar-refractivity contribution in [2.45, 2.75) is 0 Å². The van der Waals surface area contributed by atoms with Crippen LogP contribution in [0.4, 0.5) is 11.4 Å². The SMILES string of the molecule is O=c1c2ccccc2nc(-c2cc3cc(Cl)ccc3o2)n1N=Cc1cc([N+](=O)[O-])ccc1Oc1ccc([N+](=O)[O-])cn1. The normalized spacial score (nSPS) is 11.4. The highest BCUT2D eigenvalue weighted by Crippen LogP contribution is 2.30. The predicted octanol–water partition coefficient (Wildman–Crippen LogP) is 6.35. The Bertz CT molecular complexity index is 2120. The Morgan fingerprint density at radius 3 is 2.50 bits per heavy atom. The van der Waals surface area contributed by atoms with Gasteiger partial charge in [0.25, 0.3) is 16.9 Å². The lowest BCUT2D eigenvalue weighted by Gasteiger charge is -2.09. The van der Waals surface area contributed by atoms with Gasteiger partial charge in [-0.2, -0.15) is 9.78 Å². The molecule has 0 unspecified atom stereocenters. The number of hydrogen-bond acceptors (Lipinski definition) is 10. The minimum Gasteiger partial charge on any atom is -0.453 e. The number of fused-ring (bicyclic) bond motifs is 2. The van der Waals surface area contributed by atoms with Gasteiger partial charge in [-0.3, -0.25) is 25.0 Å². The molecule has 0 spiro atoms. The summed E-state index contributed by atoms with van der Waals surface area (Å²) in [5, 5.41) is 28.3.